The number of nitro groups is 1. The van der Waals surface area contributed by atoms with Gasteiger partial charge in [0.25, 0.3) is 5.69 Å². The minimum atomic E-state index is -0.798. The lowest BCUT2D eigenvalue weighted by Gasteiger charge is -2.18. The van der Waals surface area contributed by atoms with Gasteiger partial charge in [-0.3, -0.25) is 19.7 Å². The van der Waals surface area contributed by atoms with E-state index < -0.39 is 16.7 Å². The van der Waals surface area contributed by atoms with Gasteiger partial charge in [-0.25, -0.2) is 5.43 Å². The van der Waals surface area contributed by atoms with Crippen LogP contribution in [0.4, 0.5) is 5.69 Å². The zero-order valence-electron chi connectivity index (χ0n) is 12.6. The van der Waals surface area contributed by atoms with Crippen LogP contribution in [0.15, 0.2) is 29.4 Å². The molecule has 122 valence electrons. The molecular formula is C15H18N4O4. The summed E-state index contributed by atoms with van der Waals surface area (Å²) in [6.07, 6.45) is 5.19. The molecule has 1 aromatic carbocycles. The maximum absolute atomic E-state index is 12.0. The molecule has 0 bridgehead atoms. The van der Waals surface area contributed by atoms with Crippen LogP contribution in [0.25, 0.3) is 0 Å². The van der Waals surface area contributed by atoms with E-state index in [0.29, 0.717) is 18.7 Å². The van der Waals surface area contributed by atoms with Gasteiger partial charge in [-0.2, -0.15) is 5.10 Å². The van der Waals surface area contributed by atoms with Crippen LogP contribution < -0.4 is 5.43 Å². The lowest BCUT2D eigenvalue weighted by molar-refractivity contribution is -0.384. The third kappa shape index (κ3) is 4.87. The Hall–Kier alpha value is -2.77. The van der Waals surface area contributed by atoms with Gasteiger partial charge in [0.15, 0.2) is 0 Å². The zero-order chi connectivity index (χ0) is 16.7. The van der Waals surface area contributed by atoms with Crippen molar-refractivity contribution in [1.82, 2.24) is 10.3 Å². The summed E-state index contributed by atoms with van der Waals surface area (Å²) in [4.78, 5) is 35.5. The lowest BCUT2D eigenvalue weighted by atomic mass is 10.2. The van der Waals surface area contributed by atoms with Crippen molar-refractivity contribution < 1.29 is 14.5 Å². The number of likely N-dealkylation sites (tertiary alicyclic amines) is 1. The third-order valence-corrected chi connectivity index (χ3v) is 3.55. The maximum atomic E-state index is 12.0. The molecule has 0 spiro atoms. The van der Waals surface area contributed by atoms with Crippen LogP contribution in [0.1, 0.15) is 31.2 Å². The molecule has 0 aliphatic carbocycles. The number of benzene rings is 1. The first-order valence-corrected chi connectivity index (χ1v) is 7.44. The number of amides is 2. The number of hydrazone groups is 1. The summed E-state index contributed by atoms with van der Waals surface area (Å²) in [5, 5.41) is 14.4. The van der Waals surface area contributed by atoms with Crippen LogP contribution >= 0.6 is 0 Å². The molecule has 0 unspecified atom stereocenters. The highest BCUT2D eigenvalue weighted by Gasteiger charge is 2.22. The molecule has 0 saturated carbocycles. The summed E-state index contributed by atoms with van der Waals surface area (Å²) in [6.45, 7) is 1.17. The molecule has 0 radical (unpaired) electrons. The zero-order valence-corrected chi connectivity index (χ0v) is 12.6. The van der Waals surface area contributed by atoms with Crippen molar-refractivity contribution in [2.45, 2.75) is 25.7 Å². The van der Waals surface area contributed by atoms with Crippen molar-refractivity contribution in [1.29, 1.82) is 0 Å². The van der Waals surface area contributed by atoms with Crippen molar-refractivity contribution >= 4 is 23.7 Å². The van der Waals surface area contributed by atoms with Crippen molar-refractivity contribution in [3.63, 3.8) is 0 Å². The highest BCUT2D eigenvalue weighted by molar-refractivity contribution is 6.35. The highest BCUT2D eigenvalue weighted by atomic mass is 16.6. The van der Waals surface area contributed by atoms with Crippen LogP contribution in [0.3, 0.4) is 0 Å². The number of hydrogen-bond acceptors (Lipinski definition) is 5. The fraction of sp³-hybridized carbons (Fsp3) is 0.400. The largest absolute Gasteiger partial charge is 0.334 e. The first-order chi connectivity index (χ1) is 11.1. The van der Waals surface area contributed by atoms with Gasteiger partial charge in [-0.05, 0) is 12.8 Å². The molecule has 1 fully saturated rings. The summed E-state index contributed by atoms with van der Waals surface area (Å²) in [6, 6.07) is 5.81. The molecule has 2 amide bonds. The molecule has 8 heteroatoms. The van der Waals surface area contributed by atoms with Crippen LogP contribution in [0, 0.1) is 10.1 Å². The number of carbonyl (C=O) groups is 2. The Morgan fingerprint density at radius 2 is 1.91 bits per heavy atom. The second kappa shape index (κ2) is 8.02. The van der Waals surface area contributed by atoms with Gasteiger partial charge in [0, 0.05) is 30.8 Å². The van der Waals surface area contributed by atoms with E-state index in [2.05, 4.69) is 10.5 Å². The molecule has 1 aliphatic heterocycles. The molecule has 8 nitrogen and oxygen atoms in total. The van der Waals surface area contributed by atoms with Crippen molar-refractivity contribution in [2.75, 3.05) is 13.1 Å². The van der Waals surface area contributed by atoms with E-state index in [-0.39, 0.29) is 5.69 Å². The smallest absolute Gasteiger partial charge is 0.329 e. The first-order valence-electron chi connectivity index (χ1n) is 7.44. The van der Waals surface area contributed by atoms with E-state index >= 15 is 0 Å². The molecule has 0 aromatic heterocycles. The molecule has 0 atom stereocenters. The average molecular weight is 318 g/mol. The van der Waals surface area contributed by atoms with E-state index in [1.807, 2.05) is 0 Å². The lowest BCUT2D eigenvalue weighted by Crippen LogP contribution is -2.41. The number of rotatable bonds is 3. The van der Waals surface area contributed by atoms with Gasteiger partial charge in [0.05, 0.1) is 11.1 Å². The Bertz CT molecular complexity index is 622. The van der Waals surface area contributed by atoms with E-state index in [1.165, 1.54) is 29.3 Å². The Labute approximate surface area is 133 Å². The minimum Gasteiger partial charge on any atom is -0.334 e. The molecule has 1 N–H and O–H groups in total. The number of hydrogen-bond donors (Lipinski definition) is 1. The van der Waals surface area contributed by atoms with Gasteiger partial charge >= 0.3 is 11.8 Å². The minimum absolute atomic E-state index is 0.0686. The number of nitrogens with zero attached hydrogens (tertiary/aromatic N) is 3. The Morgan fingerprint density at radius 1 is 1.22 bits per heavy atom. The van der Waals surface area contributed by atoms with Crippen LogP contribution in [-0.2, 0) is 9.59 Å². The van der Waals surface area contributed by atoms with Crippen LogP contribution in [0.2, 0.25) is 0 Å². The van der Waals surface area contributed by atoms with Crippen molar-refractivity contribution in [3.05, 3.63) is 39.9 Å². The predicted octanol–water partition coefficient (Wildman–Crippen LogP) is 1.45. The van der Waals surface area contributed by atoms with Gasteiger partial charge in [-0.15, -0.1) is 0 Å². The molecule has 1 heterocycles. The Morgan fingerprint density at radius 3 is 2.57 bits per heavy atom. The second-order valence-electron chi connectivity index (χ2n) is 5.26. The standard InChI is InChI=1S/C15H18N4O4/c20-14(15(21)18-8-3-1-2-4-9-18)17-16-11-12-6-5-7-13(10-12)19(22)23/h5-7,10-11H,1-4,8-9H2,(H,17,20)/b16-11-. The van der Waals surface area contributed by atoms with E-state index in [0.717, 1.165) is 25.7 Å². The van der Waals surface area contributed by atoms with E-state index in [1.54, 1.807) is 6.07 Å². The summed E-state index contributed by atoms with van der Waals surface area (Å²) in [5.41, 5.74) is 2.56. The molecule has 1 saturated heterocycles. The first kappa shape index (κ1) is 16.6. The molecule has 2 rings (SSSR count). The Kier molecular flexibility index (Phi) is 5.79. The highest BCUT2D eigenvalue weighted by Crippen LogP contribution is 2.11. The normalized spacial score (nSPS) is 15.2. The van der Waals surface area contributed by atoms with Gasteiger partial charge in [-0.1, -0.05) is 25.0 Å². The van der Waals surface area contributed by atoms with Gasteiger partial charge in [0.2, 0.25) is 0 Å². The summed E-state index contributed by atoms with van der Waals surface area (Å²) in [7, 11) is 0. The monoisotopic (exact) mass is 318 g/mol. The van der Waals surface area contributed by atoms with Gasteiger partial charge in [0.1, 0.15) is 0 Å². The van der Waals surface area contributed by atoms with E-state index in [4.69, 9.17) is 0 Å². The van der Waals surface area contributed by atoms with E-state index in [9.17, 15) is 19.7 Å². The maximum Gasteiger partial charge on any atom is 0.329 e. The topological polar surface area (TPSA) is 105 Å². The molecule has 23 heavy (non-hydrogen) atoms. The van der Waals surface area contributed by atoms with Crippen molar-refractivity contribution in [3.8, 4) is 0 Å². The quantitative estimate of drug-likeness (QED) is 0.394. The number of nitrogens with one attached hydrogen (secondary N) is 1. The third-order valence-electron chi connectivity index (χ3n) is 3.55. The summed E-state index contributed by atoms with van der Waals surface area (Å²) >= 11 is 0. The Balaban J connectivity index is 1.91. The fourth-order valence-corrected chi connectivity index (χ4v) is 2.35. The molecular weight excluding hydrogens is 300 g/mol. The fourth-order valence-electron chi connectivity index (χ4n) is 2.35. The number of nitro benzene ring substituents is 1. The number of non-ortho nitro benzene ring substituents is 1. The van der Waals surface area contributed by atoms with Gasteiger partial charge < -0.3 is 4.90 Å². The molecule has 1 aliphatic rings. The number of carbonyl (C=O) groups excluding carboxylic acids is 2. The SMILES string of the molecule is O=C(N/N=C\c1cccc([N+](=O)[O-])c1)C(=O)N1CCCCCC1. The van der Waals surface area contributed by atoms with Crippen LogP contribution in [-0.4, -0.2) is 40.9 Å². The average Bonchev–Trinajstić information content (AvgIpc) is 2.83. The summed E-state index contributed by atoms with van der Waals surface area (Å²) in [5.74, 6) is -1.39. The second-order valence-corrected chi connectivity index (χ2v) is 5.26. The van der Waals surface area contributed by atoms with Crippen molar-refractivity contribution in [2.24, 2.45) is 5.10 Å². The summed E-state index contributed by atoms with van der Waals surface area (Å²) < 4.78 is 0. The van der Waals surface area contributed by atoms with Crippen LogP contribution in [0.5, 0.6) is 0 Å². The molecule has 1 aromatic rings. The predicted molar refractivity (Wildman–Crippen MR) is 83.9 cm³/mol.